The highest BCUT2D eigenvalue weighted by Gasteiger charge is 2.31. The summed E-state index contributed by atoms with van der Waals surface area (Å²) in [6, 6.07) is 15.0. The standard InChI is InChI=1S/C23H20N4O3S/c1-13(2)12-30-15-10-8-14(9-11-15)20-24-23-27(25-20)22(29)19(31-23)18-16-6-4-5-7-17(16)26(3)21(18)28/h4-11,13H,12H2,1-3H3. The number of carbonyl (C=O) groups is 1. The molecule has 156 valence electrons. The van der Waals surface area contributed by atoms with Crippen molar-refractivity contribution in [1.82, 2.24) is 14.6 Å². The normalized spacial score (nSPS) is 15.2. The summed E-state index contributed by atoms with van der Waals surface area (Å²) in [5.74, 6) is 1.50. The second-order valence-electron chi connectivity index (χ2n) is 7.85. The Labute approximate surface area is 182 Å². The maximum atomic E-state index is 13.1. The van der Waals surface area contributed by atoms with E-state index >= 15 is 0 Å². The van der Waals surface area contributed by atoms with E-state index in [1.54, 1.807) is 11.9 Å². The van der Waals surface area contributed by atoms with Crippen LogP contribution in [-0.4, -0.2) is 34.2 Å². The van der Waals surface area contributed by atoms with Crippen LogP contribution in [0.15, 0.2) is 53.3 Å². The minimum atomic E-state index is -0.330. The maximum Gasteiger partial charge on any atom is 0.291 e. The van der Waals surface area contributed by atoms with Gasteiger partial charge in [0, 0.05) is 18.2 Å². The van der Waals surface area contributed by atoms with Gasteiger partial charge in [0.2, 0.25) is 4.96 Å². The van der Waals surface area contributed by atoms with E-state index < -0.39 is 0 Å². The zero-order valence-corrected chi connectivity index (χ0v) is 18.1. The van der Waals surface area contributed by atoms with Crippen LogP contribution in [0.25, 0.3) is 21.9 Å². The molecule has 0 fully saturated rings. The van der Waals surface area contributed by atoms with Crippen LogP contribution in [0.1, 0.15) is 19.4 Å². The summed E-state index contributed by atoms with van der Waals surface area (Å²) in [5, 5.41) is 4.40. The zero-order valence-electron chi connectivity index (χ0n) is 17.3. The fourth-order valence-electron chi connectivity index (χ4n) is 3.56. The molecule has 8 heteroatoms. The molecule has 31 heavy (non-hydrogen) atoms. The quantitative estimate of drug-likeness (QED) is 0.496. The Hall–Kier alpha value is -3.52. The maximum absolute atomic E-state index is 13.1. The number of anilines is 1. The number of para-hydroxylation sites is 1. The Bertz CT molecular complexity index is 1420. The van der Waals surface area contributed by atoms with Crippen molar-refractivity contribution in [3.05, 3.63) is 69.0 Å². The molecule has 0 saturated carbocycles. The summed E-state index contributed by atoms with van der Waals surface area (Å²) in [4.78, 5) is 32.5. The molecule has 0 radical (unpaired) electrons. The molecule has 1 amide bonds. The molecule has 1 aliphatic rings. The molecule has 0 saturated heterocycles. The van der Waals surface area contributed by atoms with Crippen molar-refractivity contribution in [2.24, 2.45) is 5.92 Å². The van der Waals surface area contributed by atoms with Crippen molar-refractivity contribution in [2.45, 2.75) is 13.8 Å². The lowest BCUT2D eigenvalue weighted by Crippen LogP contribution is -2.30. The minimum Gasteiger partial charge on any atom is -0.493 e. The summed E-state index contributed by atoms with van der Waals surface area (Å²) in [6.45, 7) is 4.84. The molecule has 3 heterocycles. The molecule has 0 aliphatic carbocycles. The van der Waals surface area contributed by atoms with E-state index in [0.717, 1.165) is 22.6 Å². The number of nitrogens with zero attached hydrogens (tertiary/aromatic N) is 4. The number of hydrogen-bond acceptors (Lipinski definition) is 6. The molecule has 0 bridgehead atoms. The number of rotatable bonds is 4. The highest BCUT2D eigenvalue weighted by atomic mass is 32.1. The van der Waals surface area contributed by atoms with Crippen molar-refractivity contribution >= 4 is 33.5 Å². The summed E-state index contributed by atoms with van der Waals surface area (Å²) in [5.41, 5.74) is 2.43. The van der Waals surface area contributed by atoms with Gasteiger partial charge in [-0.25, -0.2) is 0 Å². The first-order chi connectivity index (χ1) is 14.9. The van der Waals surface area contributed by atoms with Crippen LogP contribution < -0.4 is 19.7 Å². The molecular weight excluding hydrogens is 412 g/mol. The Balaban J connectivity index is 1.56. The number of ether oxygens (including phenoxy) is 1. The average Bonchev–Trinajstić information content (AvgIpc) is 3.39. The van der Waals surface area contributed by atoms with E-state index in [4.69, 9.17) is 4.74 Å². The molecule has 7 nitrogen and oxygen atoms in total. The molecule has 4 aromatic rings. The lowest BCUT2D eigenvalue weighted by Gasteiger charge is -2.08. The number of hydrogen-bond donors (Lipinski definition) is 0. The SMILES string of the molecule is CC(C)COc1ccc(-c2nc3sc(=C4C(=O)N(C)c5ccccc54)c(=O)n3n2)cc1. The van der Waals surface area contributed by atoms with Crippen LogP contribution in [-0.2, 0) is 4.79 Å². The lowest BCUT2D eigenvalue weighted by atomic mass is 10.1. The third-order valence-electron chi connectivity index (χ3n) is 5.13. The highest BCUT2D eigenvalue weighted by Crippen LogP contribution is 2.33. The first-order valence-electron chi connectivity index (χ1n) is 9.98. The van der Waals surface area contributed by atoms with E-state index in [1.165, 1.54) is 15.9 Å². The van der Waals surface area contributed by atoms with Gasteiger partial charge in [-0.3, -0.25) is 9.59 Å². The fourth-order valence-corrected chi connectivity index (χ4v) is 4.56. The molecule has 0 N–H and O–H groups in total. The summed E-state index contributed by atoms with van der Waals surface area (Å²) < 4.78 is 7.35. The molecular formula is C23H20N4O3S. The lowest BCUT2D eigenvalue weighted by molar-refractivity contribution is -0.112. The summed E-state index contributed by atoms with van der Waals surface area (Å²) >= 11 is 1.19. The van der Waals surface area contributed by atoms with Gasteiger partial charge in [0.25, 0.3) is 11.5 Å². The molecule has 1 aliphatic heterocycles. The topological polar surface area (TPSA) is 76.8 Å². The third-order valence-corrected chi connectivity index (χ3v) is 6.16. The van der Waals surface area contributed by atoms with Gasteiger partial charge in [-0.15, -0.1) is 5.10 Å². The van der Waals surface area contributed by atoms with Gasteiger partial charge in [0.1, 0.15) is 10.3 Å². The second kappa shape index (κ2) is 7.31. The van der Waals surface area contributed by atoms with Crippen LogP contribution in [0, 0.1) is 5.92 Å². The van der Waals surface area contributed by atoms with Gasteiger partial charge in [-0.2, -0.15) is 9.50 Å². The number of amides is 1. The van der Waals surface area contributed by atoms with Crippen molar-refractivity contribution < 1.29 is 9.53 Å². The van der Waals surface area contributed by atoms with Crippen molar-refractivity contribution in [3.63, 3.8) is 0 Å². The van der Waals surface area contributed by atoms with E-state index in [0.29, 0.717) is 33.4 Å². The number of benzene rings is 2. The number of aromatic nitrogens is 3. The predicted molar refractivity (Wildman–Crippen MR) is 120 cm³/mol. The van der Waals surface area contributed by atoms with Gasteiger partial charge in [0.05, 0.1) is 17.9 Å². The number of likely N-dealkylation sites (N-methyl/N-ethyl adjacent to an activating group) is 1. The van der Waals surface area contributed by atoms with Crippen molar-refractivity contribution in [2.75, 3.05) is 18.6 Å². The molecule has 2 aromatic carbocycles. The van der Waals surface area contributed by atoms with Crippen LogP contribution >= 0.6 is 11.3 Å². The van der Waals surface area contributed by atoms with E-state index in [9.17, 15) is 9.59 Å². The fraction of sp³-hybridized carbons (Fsp3) is 0.217. The van der Waals surface area contributed by atoms with Gasteiger partial charge in [0.15, 0.2) is 5.82 Å². The Morgan fingerprint density at radius 2 is 1.81 bits per heavy atom. The highest BCUT2D eigenvalue weighted by molar-refractivity contribution is 7.15. The number of thiazole rings is 1. The minimum absolute atomic E-state index is 0.194. The monoisotopic (exact) mass is 432 g/mol. The number of carbonyl (C=O) groups excluding carboxylic acids is 1. The van der Waals surface area contributed by atoms with E-state index in [-0.39, 0.29) is 11.5 Å². The van der Waals surface area contributed by atoms with Gasteiger partial charge >= 0.3 is 0 Å². The second-order valence-corrected chi connectivity index (χ2v) is 8.83. The molecule has 2 aromatic heterocycles. The van der Waals surface area contributed by atoms with E-state index in [2.05, 4.69) is 23.9 Å². The van der Waals surface area contributed by atoms with Crippen LogP contribution in [0.4, 0.5) is 5.69 Å². The Morgan fingerprint density at radius 3 is 2.52 bits per heavy atom. The van der Waals surface area contributed by atoms with Crippen LogP contribution in [0.5, 0.6) is 5.75 Å². The number of fused-ring (bicyclic) bond motifs is 2. The third kappa shape index (κ3) is 3.19. The van der Waals surface area contributed by atoms with Crippen LogP contribution in [0.2, 0.25) is 0 Å². The molecule has 0 unspecified atom stereocenters. The van der Waals surface area contributed by atoms with E-state index in [1.807, 2.05) is 48.5 Å². The predicted octanol–water partition coefficient (Wildman–Crippen LogP) is 2.75. The van der Waals surface area contributed by atoms with Gasteiger partial charge < -0.3 is 9.64 Å². The summed E-state index contributed by atoms with van der Waals surface area (Å²) in [6.07, 6.45) is 0. The van der Waals surface area contributed by atoms with Crippen LogP contribution in [0.3, 0.4) is 0 Å². The first-order valence-corrected chi connectivity index (χ1v) is 10.8. The average molecular weight is 433 g/mol. The summed E-state index contributed by atoms with van der Waals surface area (Å²) in [7, 11) is 1.71. The smallest absolute Gasteiger partial charge is 0.291 e. The molecule has 0 spiro atoms. The molecule has 5 rings (SSSR count). The van der Waals surface area contributed by atoms with Crippen molar-refractivity contribution in [1.29, 1.82) is 0 Å². The molecule has 0 atom stereocenters. The zero-order chi connectivity index (χ0) is 21.7. The Morgan fingerprint density at radius 1 is 1.06 bits per heavy atom. The van der Waals surface area contributed by atoms with Gasteiger partial charge in [-0.05, 0) is 36.2 Å². The largest absolute Gasteiger partial charge is 0.493 e. The first kappa shape index (κ1) is 19.4. The Kier molecular flexibility index (Phi) is 4.59. The van der Waals surface area contributed by atoms with Gasteiger partial charge in [-0.1, -0.05) is 43.4 Å². The van der Waals surface area contributed by atoms with Crippen molar-refractivity contribution in [3.8, 4) is 17.1 Å².